The molecule has 0 aromatic heterocycles. The molecule has 0 aromatic rings. The Kier molecular flexibility index (Phi) is 5.85. The largest absolute Gasteiger partial charge is 0.354 e. The lowest BCUT2D eigenvalue weighted by Crippen LogP contribution is -2.45. The summed E-state index contributed by atoms with van der Waals surface area (Å²) < 4.78 is 1.03. The molecule has 0 bridgehead atoms. The van der Waals surface area contributed by atoms with Crippen molar-refractivity contribution in [3.8, 4) is 0 Å². The summed E-state index contributed by atoms with van der Waals surface area (Å²) in [6, 6.07) is 0.0435. The lowest BCUT2D eigenvalue weighted by molar-refractivity contribution is -0.123. The molecule has 2 aliphatic heterocycles. The highest BCUT2D eigenvalue weighted by molar-refractivity contribution is 9.11. The normalized spacial score (nSPS) is 28.3. The van der Waals surface area contributed by atoms with Crippen molar-refractivity contribution in [3.05, 3.63) is 11.1 Å². The van der Waals surface area contributed by atoms with Gasteiger partial charge in [0, 0.05) is 24.1 Å². The van der Waals surface area contributed by atoms with Crippen LogP contribution in [-0.2, 0) is 4.79 Å². The van der Waals surface area contributed by atoms with Crippen molar-refractivity contribution < 1.29 is 4.79 Å². The number of carbonyl (C=O) groups is 1. The van der Waals surface area contributed by atoms with E-state index in [0.29, 0.717) is 5.92 Å². The van der Waals surface area contributed by atoms with Crippen LogP contribution in [0.25, 0.3) is 0 Å². The molecule has 2 heterocycles. The second kappa shape index (κ2) is 7.41. The number of halogens is 1. The van der Waals surface area contributed by atoms with Gasteiger partial charge in [-0.2, -0.15) is 0 Å². The zero-order chi connectivity index (χ0) is 13.7. The van der Waals surface area contributed by atoms with Crippen molar-refractivity contribution >= 4 is 21.8 Å². The highest BCUT2D eigenvalue weighted by Gasteiger charge is 2.24. The van der Waals surface area contributed by atoms with Gasteiger partial charge in [-0.3, -0.25) is 9.69 Å². The van der Waals surface area contributed by atoms with E-state index in [-0.39, 0.29) is 11.9 Å². The molecule has 2 rings (SSSR count). The molecule has 0 aromatic carbocycles. The van der Waals surface area contributed by atoms with Gasteiger partial charge >= 0.3 is 0 Å². The Hall–Kier alpha value is -0.390. The molecule has 2 aliphatic rings. The maximum absolute atomic E-state index is 11.9. The van der Waals surface area contributed by atoms with E-state index < -0.39 is 0 Å². The fourth-order valence-electron chi connectivity index (χ4n) is 2.98. The Bertz CT molecular complexity index is 329. The molecule has 2 atom stereocenters. The van der Waals surface area contributed by atoms with E-state index in [4.69, 9.17) is 0 Å². The van der Waals surface area contributed by atoms with Gasteiger partial charge in [-0.1, -0.05) is 22.5 Å². The Morgan fingerprint density at radius 2 is 2.26 bits per heavy atom. The lowest BCUT2D eigenvalue weighted by atomic mass is 9.98. The highest BCUT2D eigenvalue weighted by atomic mass is 79.9. The number of carbonyl (C=O) groups excluding carboxylic acids is 1. The quantitative estimate of drug-likeness (QED) is 0.803. The molecule has 19 heavy (non-hydrogen) atoms. The molecule has 2 fully saturated rings. The van der Waals surface area contributed by atoms with Crippen LogP contribution < -0.4 is 10.6 Å². The molecule has 0 aliphatic carbocycles. The molecule has 108 valence electrons. The first-order chi connectivity index (χ1) is 9.15. The van der Waals surface area contributed by atoms with Crippen LogP contribution in [0.5, 0.6) is 0 Å². The van der Waals surface area contributed by atoms with Crippen LogP contribution in [0.1, 0.15) is 25.7 Å². The minimum atomic E-state index is 0.0435. The number of likely N-dealkylation sites (tertiary alicyclic amines) is 1. The smallest absolute Gasteiger partial charge is 0.237 e. The number of rotatable bonds is 5. The van der Waals surface area contributed by atoms with Gasteiger partial charge in [0.25, 0.3) is 0 Å². The molecule has 0 spiro atoms. The van der Waals surface area contributed by atoms with E-state index in [1.165, 1.54) is 12.8 Å². The van der Waals surface area contributed by atoms with Crippen molar-refractivity contribution in [2.75, 3.05) is 32.7 Å². The molecular formula is C14H24BrN3O. The summed E-state index contributed by atoms with van der Waals surface area (Å²) in [4.78, 5) is 14.3. The molecule has 0 radical (unpaired) electrons. The predicted octanol–water partition coefficient (Wildman–Crippen LogP) is 1.48. The first-order valence-electron chi connectivity index (χ1n) is 7.22. The summed E-state index contributed by atoms with van der Waals surface area (Å²) in [6.45, 7) is 8.79. The van der Waals surface area contributed by atoms with E-state index in [1.807, 2.05) is 0 Å². The van der Waals surface area contributed by atoms with Crippen LogP contribution in [-0.4, -0.2) is 49.6 Å². The van der Waals surface area contributed by atoms with Gasteiger partial charge in [-0.05, 0) is 44.7 Å². The van der Waals surface area contributed by atoms with E-state index in [9.17, 15) is 4.79 Å². The number of hydrogen-bond acceptors (Lipinski definition) is 3. The zero-order valence-electron chi connectivity index (χ0n) is 11.5. The second-order valence-electron chi connectivity index (χ2n) is 5.65. The fourth-order valence-corrected chi connectivity index (χ4v) is 3.34. The molecule has 2 saturated heterocycles. The van der Waals surface area contributed by atoms with Crippen LogP contribution in [0, 0.1) is 5.92 Å². The predicted molar refractivity (Wildman–Crippen MR) is 81.3 cm³/mol. The standard InChI is InChI=1S/C14H24BrN3O/c1-11(15)9-18-7-3-4-12(10-18)8-17-14(19)13-5-2-6-16-13/h12-13,16H,1-10H2,(H,17,19). The first-order valence-corrected chi connectivity index (χ1v) is 8.01. The van der Waals surface area contributed by atoms with E-state index >= 15 is 0 Å². The topological polar surface area (TPSA) is 44.4 Å². The molecule has 4 nitrogen and oxygen atoms in total. The number of piperidine rings is 1. The average molecular weight is 330 g/mol. The summed E-state index contributed by atoms with van der Waals surface area (Å²) in [5, 5.41) is 6.34. The van der Waals surface area contributed by atoms with Gasteiger partial charge in [0.1, 0.15) is 0 Å². The Morgan fingerprint density at radius 1 is 1.42 bits per heavy atom. The third-order valence-electron chi connectivity index (χ3n) is 3.94. The molecular weight excluding hydrogens is 306 g/mol. The minimum absolute atomic E-state index is 0.0435. The van der Waals surface area contributed by atoms with Crippen molar-refractivity contribution in [1.29, 1.82) is 0 Å². The zero-order valence-corrected chi connectivity index (χ0v) is 13.0. The molecule has 2 N–H and O–H groups in total. The maximum atomic E-state index is 11.9. The van der Waals surface area contributed by atoms with E-state index in [0.717, 1.165) is 50.0 Å². The van der Waals surface area contributed by atoms with Gasteiger partial charge < -0.3 is 10.6 Å². The van der Waals surface area contributed by atoms with Gasteiger partial charge in [0.2, 0.25) is 5.91 Å². The second-order valence-corrected chi connectivity index (χ2v) is 6.78. The van der Waals surface area contributed by atoms with Crippen LogP contribution in [0.3, 0.4) is 0 Å². The van der Waals surface area contributed by atoms with Gasteiger partial charge in [0.05, 0.1) is 6.04 Å². The van der Waals surface area contributed by atoms with Crippen molar-refractivity contribution in [1.82, 2.24) is 15.5 Å². The number of nitrogens with zero attached hydrogens (tertiary/aromatic N) is 1. The Balaban J connectivity index is 1.70. The third-order valence-corrected chi connectivity index (χ3v) is 4.19. The van der Waals surface area contributed by atoms with Crippen LogP contribution in [0.2, 0.25) is 0 Å². The molecule has 5 heteroatoms. The van der Waals surface area contributed by atoms with Gasteiger partial charge in [0.15, 0.2) is 0 Å². The van der Waals surface area contributed by atoms with Crippen molar-refractivity contribution in [3.63, 3.8) is 0 Å². The van der Waals surface area contributed by atoms with E-state index in [1.54, 1.807) is 0 Å². The summed E-state index contributed by atoms with van der Waals surface area (Å²) in [5.41, 5.74) is 0. The maximum Gasteiger partial charge on any atom is 0.237 e. The van der Waals surface area contributed by atoms with Crippen LogP contribution >= 0.6 is 15.9 Å². The van der Waals surface area contributed by atoms with Crippen LogP contribution in [0.4, 0.5) is 0 Å². The number of amides is 1. The average Bonchev–Trinajstić information content (AvgIpc) is 2.89. The van der Waals surface area contributed by atoms with E-state index in [2.05, 4.69) is 38.0 Å². The lowest BCUT2D eigenvalue weighted by Gasteiger charge is -2.32. The molecule has 1 amide bonds. The molecule has 2 unspecified atom stereocenters. The summed E-state index contributed by atoms with van der Waals surface area (Å²) in [6.07, 6.45) is 4.51. The SMILES string of the molecule is C=C(Br)CN1CCCC(CNC(=O)C2CCCN2)C1. The summed E-state index contributed by atoms with van der Waals surface area (Å²) in [5.74, 6) is 0.755. The van der Waals surface area contributed by atoms with Gasteiger partial charge in [-0.15, -0.1) is 0 Å². The fraction of sp³-hybridized carbons (Fsp3) is 0.786. The highest BCUT2D eigenvalue weighted by Crippen LogP contribution is 2.18. The minimum Gasteiger partial charge on any atom is -0.354 e. The Labute approximate surface area is 124 Å². The monoisotopic (exact) mass is 329 g/mol. The molecule has 0 saturated carbocycles. The van der Waals surface area contributed by atoms with Crippen molar-refractivity contribution in [2.24, 2.45) is 5.92 Å². The first kappa shape index (κ1) is 15.0. The number of nitrogens with one attached hydrogen (secondary N) is 2. The van der Waals surface area contributed by atoms with Gasteiger partial charge in [-0.25, -0.2) is 0 Å². The van der Waals surface area contributed by atoms with Crippen molar-refractivity contribution in [2.45, 2.75) is 31.7 Å². The summed E-state index contributed by atoms with van der Waals surface area (Å²) >= 11 is 3.42. The van der Waals surface area contributed by atoms with Crippen LogP contribution in [0.15, 0.2) is 11.1 Å². The number of hydrogen-bond donors (Lipinski definition) is 2. The third kappa shape index (κ3) is 4.89. The Morgan fingerprint density at radius 3 is 2.95 bits per heavy atom. The summed E-state index contributed by atoms with van der Waals surface area (Å²) in [7, 11) is 0.